The number of benzene rings is 1. The van der Waals surface area contributed by atoms with Crippen LogP contribution in [0.2, 0.25) is 0 Å². The van der Waals surface area contributed by atoms with Gasteiger partial charge in [-0.2, -0.15) is 0 Å². The Kier molecular flexibility index (Phi) is 3.92. The third kappa shape index (κ3) is 3.44. The van der Waals surface area contributed by atoms with Crippen molar-refractivity contribution in [3.05, 3.63) is 53.9 Å². The molecule has 0 saturated heterocycles. The highest BCUT2D eigenvalue weighted by molar-refractivity contribution is 5.89. The Morgan fingerprint density at radius 3 is 2.76 bits per heavy atom. The number of hydrogen-bond acceptors (Lipinski definition) is 4. The summed E-state index contributed by atoms with van der Waals surface area (Å²) in [6.45, 7) is 0.351. The van der Waals surface area contributed by atoms with Gasteiger partial charge in [0.05, 0.1) is 12.3 Å². The summed E-state index contributed by atoms with van der Waals surface area (Å²) in [4.78, 5) is 12.0. The van der Waals surface area contributed by atoms with Crippen LogP contribution in [-0.4, -0.2) is 17.3 Å². The first-order valence-electron chi connectivity index (χ1n) is 7.00. The minimum absolute atomic E-state index is 0.0660. The van der Waals surface area contributed by atoms with Gasteiger partial charge in [0.2, 0.25) is 0 Å². The third-order valence-electron chi connectivity index (χ3n) is 3.40. The number of nitrogens with zero attached hydrogens (tertiary/aromatic N) is 1. The minimum atomic E-state index is -0.397. The molecule has 1 aliphatic rings. The Hall–Kier alpha value is -2.27. The second kappa shape index (κ2) is 6.01. The second-order valence-electron chi connectivity index (χ2n) is 5.18. The summed E-state index contributed by atoms with van der Waals surface area (Å²) in [5.41, 5.74) is 7.88. The van der Waals surface area contributed by atoms with Gasteiger partial charge in [0.15, 0.2) is 6.79 Å². The second-order valence-corrected chi connectivity index (χ2v) is 5.18. The molecule has 1 fully saturated rings. The number of nitrogens with two attached hydrogens (primary N) is 1. The van der Waals surface area contributed by atoms with Crippen molar-refractivity contribution in [1.82, 2.24) is 4.57 Å². The van der Waals surface area contributed by atoms with Crippen molar-refractivity contribution in [2.75, 3.05) is 12.5 Å². The summed E-state index contributed by atoms with van der Waals surface area (Å²) in [5.74, 6) is -0.397. The zero-order valence-electron chi connectivity index (χ0n) is 11.7. The van der Waals surface area contributed by atoms with Crippen LogP contribution in [0.15, 0.2) is 42.6 Å². The van der Waals surface area contributed by atoms with Crippen LogP contribution in [-0.2, 0) is 16.1 Å². The van der Waals surface area contributed by atoms with Gasteiger partial charge in [-0.15, -0.1) is 0 Å². The minimum Gasteiger partial charge on any atom is -0.434 e. The lowest BCUT2D eigenvalue weighted by atomic mass is 10.2. The van der Waals surface area contributed by atoms with E-state index >= 15 is 0 Å². The number of esters is 1. The SMILES string of the molecule is Nc1cc(C(=O)OCOCc2ccccc2)n(C2CC2)c1. The molecule has 0 unspecified atom stereocenters. The molecule has 2 N–H and O–H groups in total. The van der Waals surface area contributed by atoms with Crippen LogP contribution in [0.5, 0.6) is 0 Å². The van der Waals surface area contributed by atoms with Crippen molar-refractivity contribution < 1.29 is 14.3 Å². The first kappa shape index (κ1) is 13.7. The molecule has 0 amide bonds. The molecule has 2 aromatic rings. The van der Waals surface area contributed by atoms with Crippen LogP contribution >= 0.6 is 0 Å². The smallest absolute Gasteiger partial charge is 0.357 e. The highest BCUT2D eigenvalue weighted by atomic mass is 16.7. The molecule has 3 rings (SSSR count). The number of carbonyl (C=O) groups excluding carboxylic acids is 1. The Labute approximate surface area is 123 Å². The first-order chi connectivity index (χ1) is 10.2. The molecule has 5 nitrogen and oxygen atoms in total. The van der Waals surface area contributed by atoms with E-state index in [1.807, 2.05) is 34.9 Å². The van der Waals surface area contributed by atoms with Gasteiger partial charge >= 0.3 is 5.97 Å². The van der Waals surface area contributed by atoms with E-state index in [-0.39, 0.29) is 6.79 Å². The van der Waals surface area contributed by atoms with E-state index in [0.717, 1.165) is 18.4 Å². The number of anilines is 1. The lowest BCUT2D eigenvalue weighted by molar-refractivity contribution is -0.0387. The molecule has 0 spiro atoms. The molecule has 21 heavy (non-hydrogen) atoms. The number of hydrogen-bond donors (Lipinski definition) is 1. The van der Waals surface area contributed by atoms with E-state index in [1.54, 1.807) is 12.3 Å². The predicted octanol–water partition coefficient (Wildman–Crippen LogP) is 2.74. The molecule has 1 saturated carbocycles. The van der Waals surface area contributed by atoms with Gasteiger partial charge in [-0.1, -0.05) is 30.3 Å². The van der Waals surface area contributed by atoms with E-state index in [4.69, 9.17) is 15.2 Å². The maximum atomic E-state index is 12.0. The van der Waals surface area contributed by atoms with Gasteiger partial charge in [-0.05, 0) is 24.5 Å². The molecule has 1 aliphatic carbocycles. The van der Waals surface area contributed by atoms with E-state index in [2.05, 4.69) is 0 Å². The topological polar surface area (TPSA) is 66.5 Å². The molecule has 0 atom stereocenters. The number of ether oxygens (including phenoxy) is 2. The van der Waals surface area contributed by atoms with Crippen molar-refractivity contribution in [3.8, 4) is 0 Å². The highest BCUT2D eigenvalue weighted by Gasteiger charge is 2.28. The van der Waals surface area contributed by atoms with Crippen molar-refractivity contribution >= 4 is 11.7 Å². The number of nitrogen functional groups attached to an aromatic ring is 1. The molecule has 0 radical (unpaired) electrons. The average molecular weight is 286 g/mol. The van der Waals surface area contributed by atoms with Crippen LogP contribution in [0.4, 0.5) is 5.69 Å². The van der Waals surface area contributed by atoms with Gasteiger partial charge < -0.3 is 19.8 Å². The lowest BCUT2D eigenvalue weighted by Crippen LogP contribution is -2.13. The fourth-order valence-corrected chi connectivity index (χ4v) is 2.22. The first-order valence-corrected chi connectivity index (χ1v) is 7.00. The molecule has 1 heterocycles. The Bertz CT molecular complexity index is 618. The van der Waals surface area contributed by atoms with Crippen LogP contribution in [0.3, 0.4) is 0 Å². The van der Waals surface area contributed by atoms with Crippen molar-refractivity contribution in [2.45, 2.75) is 25.5 Å². The van der Waals surface area contributed by atoms with Gasteiger partial charge in [-0.3, -0.25) is 0 Å². The lowest BCUT2D eigenvalue weighted by Gasteiger charge is -2.08. The third-order valence-corrected chi connectivity index (χ3v) is 3.40. The summed E-state index contributed by atoms with van der Waals surface area (Å²) < 4.78 is 12.4. The van der Waals surface area contributed by atoms with E-state index in [9.17, 15) is 4.79 Å². The van der Waals surface area contributed by atoms with Gasteiger partial charge in [0.25, 0.3) is 0 Å². The molecular weight excluding hydrogens is 268 g/mol. The predicted molar refractivity (Wildman–Crippen MR) is 78.6 cm³/mol. The van der Waals surface area contributed by atoms with E-state index in [1.165, 1.54) is 0 Å². The quantitative estimate of drug-likeness (QED) is 0.504. The molecule has 0 aliphatic heterocycles. The summed E-state index contributed by atoms with van der Waals surface area (Å²) in [6, 6.07) is 11.8. The molecule has 110 valence electrons. The van der Waals surface area contributed by atoms with E-state index in [0.29, 0.717) is 24.0 Å². The van der Waals surface area contributed by atoms with E-state index < -0.39 is 5.97 Å². The Balaban J connectivity index is 1.50. The molecule has 0 bridgehead atoms. The fraction of sp³-hybridized carbons (Fsp3) is 0.312. The van der Waals surface area contributed by atoms with Crippen molar-refractivity contribution in [1.29, 1.82) is 0 Å². The van der Waals surface area contributed by atoms with Crippen LogP contribution in [0.1, 0.15) is 34.9 Å². The maximum absolute atomic E-state index is 12.0. The van der Waals surface area contributed by atoms with Gasteiger partial charge in [0.1, 0.15) is 5.69 Å². The van der Waals surface area contributed by atoms with Crippen LogP contribution in [0, 0.1) is 0 Å². The number of rotatable bonds is 6. The highest BCUT2D eigenvalue weighted by Crippen LogP contribution is 2.37. The summed E-state index contributed by atoms with van der Waals surface area (Å²) in [7, 11) is 0. The van der Waals surface area contributed by atoms with Crippen molar-refractivity contribution in [3.63, 3.8) is 0 Å². The standard InChI is InChI=1S/C16H18N2O3/c17-13-8-15(18(9-13)14-6-7-14)16(19)21-11-20-10-12-4-2-1-3-5-12/h1-5,8-9,14H,6-7,10-11,17H2. The normalized spacial score (nSPS) is 14.1. The largest absolute Gasteiger partial charge is 0.434 e. The number of aromatic nitrogens is 1. The zero-order valence-corrected chi connectivity index (χ0v) is 11.7. The molecule has 5 heteroatoms. The Morgan fingerprint density at radius 2 is 2.05 bits per heavy atom. The molecule has 1 aromatic heterocycles. The van der Waals surface area contributed by atoms with Gasteiger partial charge in [-0.25, -0.2) is 4.79 Å². The average Bonchev–Trinajstić information content (AvgIpc) is 3.27. The summed E-state index contributed by atoms with van der Waals surface area (Å²) in [6.07, 6.45) is 3.96. The summed E-state index contributed by atoms with van der Waals surface area (Å²) >= 11 is 0. The zero-order chi connectivity index (χ0) is 14.7. The van der Waals surface area contributed by atoms with Crippen LogP contribution in [0.25, 0.3) is 0 Å². The molecule has 1 aromatic carbocycles. The maximum Gasteiger partial charge on any atom is 0.357 e. The Morgan fingerprint density at radius 1 is 1.29 bits per heavy atom. The summed E-state index contributed by atoms with van der Waals surface area (Å²) in [5, 5.41) is 0. The van der Waals surface area contributed by atoms with Crippen molar-refractivity contribution in [2.24, 2.45) is 0 Å². The van der Waals surface area contributed by atoms with Gasteiger partial charge in [0, 0.05) is 12.2 Å². The number of carbonyl (C=O) groups is 1. The monoisotopic (exact) mass is 286 g/mol. The molecular formula is C16H18N2O3. The van der Waals surface area contributed by atoms with Crippen LogP contribution < -0.4 is 5.73 Å². The fourth-order valence-electron chi connectivity index (χ4n) is 2.22.